The van der Waals surface area contributed by atoms with Crippen molar-refractivity contribution in [2.75, 3.05) is 26.2 Å². The number of morpholine rings is 1. The van der Waals surface area contributed by atoms with Crippen molar-refractivity contribution in [2.24, 2.45) is 11.8 Å². The minimum absolute atomic E-state index is 0.306. The predicted octanol–water partition coefficient (Wildman–Crippen LogP) is 3.06. The molecule has 4 fully saturated rings. The van der Waals surface area contributed by atoms with Crippen molar-refractivity contribution in [2.45, 2.75) is 82.9 Å². The fraction of sp³-hybridized carbons (Fsp3) is 0.950. The summed E-state index contributed by atoms with van der Waals surface area (Å²) in [6.45, 7) is 5.73. The number of carbonyl (C=O) groups excluding carboxylic acids is 1. The number of hydrogen-bond donors (Lipinski definition) is 0. The van der Waals surface area contributed by atoms with Crippen LogP contribution >= 0.6 is 0 Å². The molecule has 24 heavy (non-hydrogen) atoms. The van der Waals surface area contributed by atoms with Crippen LogP contribution < -0.4 is 0 Å². The van der Waals surface area contributed by atoms with E-state index in [-0.39, 0.29) is 0 Å². The van der Waals surface area contributed by atoms with Gasteiger partial charge >= 0.3 is 0 Å². The van der Waals surface area contributed by atoms with Crippen LogP contribution in [0.15, 0.2) is 0 Å². The summed E-state index contributed by atoms with van der Waals surface area (Å²) in [6, 6.07) is 1.01. The Morgan fingerprint density at radius 3 is 2.58 bits per heavy atom. The van der Waals surface area contributed by atoms with Crippen molar-refractivity contribution in [3.05, 3.63) is 0 Å². The van der Waals surface area contributed by atoms with Crippen molar-refractivity contribution >= 4 is 5.91 Å². The molecule has 136 valence electrons. The Balaban J connectivity index is 1.41. The molecule has 2 saturated heterocycles. The molecule has 4 nitrogen and oxygen atoms in total. The SMILES string of the molecule is C[C@@H]1CCN(CC(=O)N2CCO[C@@H]3CCCC[C@@H]32)[C@H]2CCCC[C@@H]12. The Bertz CT molecular complexity index is 453. The van der Waals surface area contributed by atoms with Crippen LogP contribution in [-0.4, -0.2) is 60.1 Å². The molecular weight excluding hydrogens is 300 g/mol. The topological polar surface area (TPSA) is 32.8 Å². The summed E-state index contributed by atoms with van der Waals surface area (Å²) in [6.07, 6.45) is 11.8. The first-order valence-corrected chi connectivity index (χ1v) is 10.4. The van der Waals surface area contributed by atoms with E-state index in [1.54, 1.807) is 0 Å². The van der Waals surface area contributed by atoms with Gasteiger partial charge in [-0.15, -0.1) is 0 Å². The van der Waals surface area contributed by atoms with Crippen LogP contribution in [-0.2, 0) is 9.53 Å². The number of nitrogens with zero attached hydrogens (tertiary/aromatic N) is 2. The summed E-state index contributed by atoms with van der Waals surface area (Å²) in [5.41, 5.74) is 0. The van der Waals surface area contributed by atoms with E-state index in [1.807, 2.05) is 0 Å². The van der Waals surface area contributed by atoms with Crippen molar-refractivity contribution in [1.29, 1.82) is 0 Å². The maximum atomic E-state index is 13.1. The summed E-state index contributed by atoms with van der Waals surface area (Å²) in [7, 11) is 0. The molecule has 0 aromatic carbocycles. The summed E-state index contributed by atoms with van der Waals surface area (Å²) in [5, 5.41) is 0. The Labute approximate surface area is 146 Å². The molecule has 2 aliphatic heterocycles. The average molecular weight is 335 g/mol. The van der Waals surface area contributed by atoms with Gasteiger partial charge in [-0.2, -0.15) is 0 Å². The molecule has 0 unspecified atom stereocenters. The molecule has 0 spiro atoms. The lowest BCUT2D eigenvalue weighted by Crippen LogP contribution is -2.59. The van der Waals surface area contributed by atoms with Crippen LogP contribution in [0.3, 0.4) is 0 Å². The third-order valence-corrected chi connectivity index (χ3v) is 7.24. The zero-order chi connectivity index (χ0) is 16.5. The minimum Gasteiger partial charge on any atom is -0.374 e. The largest absolute Gasteiger partial charge is 0.374 e. The zero-order valence-electron chi connectivity index (χ0n) is 15.3. The van der Waals surface area contributed by atoms with Crippen LogP contribution in [0, 0.1) is 11.8 Å². The molecule has 0 N–H and O–H groups in total. The maximum Gasteiger partial charge on any atom is 0.237 e. The van der Waals surface area contributed by atoms with Crippen LogP contribution in [0.4, 0.5) is 0 Å². The molecular formula is C20H34N2O2. The Morgan fingerprint density at radius 1 is 0.958 bits per heavy atom. The number of piperidine rings is 1. The third-order valence-electron chi connectivity index (χ3n) is 7.24. The molecule has 4 aliphatic rings. The highest BCUT2D eigenvalue weighted by atomic mass is 16.5. The van der Waals surface area contributed by atoms with E-state index in [1.165, 1.54) is 44.9 Å². The third kappa shape index (κ3) is 3.24. The van der Waals surface area contributed by atoms with Gasteiger partial charge in [0.05, 0.1) is 25.3 Å². The Hall–Kier alpha value is -0.610. The normalized spacial score (nSPS) is 40.7. The zero-order valence-corrected chi connectivity index (χ0v) is 15.3. The van der Waals surface area contributed by atoms with Gasteiger partial charge in [-0.1, -0.05) is 32.6 Å². The fourth-order valence-electron chi connectivity index (χ4n) is 5.87. The van der Waals surface area contributed by atoms with Gasteiger partial charge in [0.2, 0.25) is 5.91 Å². The first-order valence-electron chi connectivity index (χ1n) is 10.4. The quantitative estimate of drug-likeness (QED) is 0.778. The summed E-state index contributed by atoms with van der Waals surface area (Å²) in [4.78, 5) is 17.8. The van der Waals surface area contributed by atoms with E-state index in [2.05, 4.69) is 16.7 Å². The van der Waals surface area contributed by atoms with Gasteiger partial charge in [-0.3, -0.25) is 9.69 Å². The predicted molar refractivity (Wildman–Crippen MR) is 94.8 cm³/mol. The molecule has 0 aromatic heterocycles. The van der Waals surface area contributed by atoms with E-state index in [0.29, 0.717) is 30.6 Å². The molecule has 0 radical (unpaired) electrons. The van der Waals surface area contributed by atoms with Crippen molar-refractivity contribution in [3.63, 3.8) is 0 Å². The number of rotatable bonds is 2. The minimum atomic E-state index is 0.306. The highest BCUT2D eigenvalue weighted by Crippen LogP contribution is 2.39. The molecule has 1 amide bonds. The van der Waals surface area contributed by atoms with Gasteiger partial charge in [-0.05, 0) is 50.5 Å². The van der Waals surface area contributed by atoms with Crippen LogP contribution in [0.5, 0.6) is 0 Å². The van der Waals surface area contributed by atoms with Gasteiger partial charge in [0.25, 0.3) is 0 Å². The first kappa shape index (κ1) is 16.8. The first-order chi connectivity index (χ1) is 11.7. The van der Waals surface area contributed by atoms with Crippen LogP contribution in [0.25, 0.3) is 0 Å². The smallest absolute Gasteiger partial charge is 0.237 e. The van der Waals surface area contributed by atoms with E-state index in [4.69, 9.17) is 4.74 Å². The molecule has 2 heterocycles. The number of likely N-dealkylation sites (tertiary alicyclic amines) is 1. The number of hydrogen-bond acceptors (Lipinski definition) is 3. The van der Waals surface area contributed by atoms with E-state index in [9.17, 15) is 4.79 Å². The second kappa shape index (κ2) is 7.33. The Morgan fingerprint density at radius 2 is 1.71 bits per heavy atom. The molecule has 4 heteroatoms. The van der Waals surface area contributed by atoms with Gasteiger partial charge < -0.3 is 9.64 Å². The lowest BCUT2D eigenvalue weighted by molar-refractivity contribution is -0.152. The molecule has 2 saturated carbocycles. The standard InChI is InChI=1S/C20H34N2O2/c1-15-10-11-21(17-7-3-2-6-16(15)17)14-20(23)22-12-13-24-19-9-5-4-8-18(19)22/h15-19H,2-14H2,1H3/t15-,16+,17+,18+,19-/m1/s1. The number of ether oxygens (including phenoxy) is 1. The summed E-state index contributed by atoms with van der Waals surface area (Å²) < 4.78 is 5.94. The van der Waals surface area contributed by atoms with Gasteiger partial charge in [0.1, 0.15) is 0 Å². The molecule has 5 atom stereocenters. The van der Waals surface area contributed by atoms with Crippen molar-refractivity contribution in [1.82, 2.24) is 9.80 Å². The van der Waals surface area contributed by atoms with Gasteiger partial charge in [0.15, 0.2) is 0 Å². The highest BCUT2D eigenvalue weighted by molar-refractivity contribution is 5.79. The summed E-state index contributed by atoms with van der Waals surface area (Å²) in [5.74, 6) is 2.04. The monoisotopic (exact) mass is 334 g/mol. The number of carbonyl (C=O) groups is 1. The fourth-order valence-corrected chi connectivity index (χ4v) is 5.87. The number of fused-ring (bicyclic) bond motifs is 2. The average Bonchev–Trinajstić information content (AvgIpc) is 2.64. The van der Waals surface area contributed by atoms with Crippen molar-refractivity contribution < 1.29 is 9.53 Å². The Kier molecular flexibility index (Phi) is 5.14. The van der Waals surface area contributed by atoms with Crippen molar-refractivity contribution in [3.8, 4) is 0 Å². The highest BCUT2D eigenvalue weighted by Gasteiger charge is 2.41. The maximum absolute atomic E-state index is 13.1. The molecule has 0 aromatic rings. The van der Waals surface area contributed by atoms with Crippen LogP contribution in [0.2, 0.25) is 0 Å². The van der Waals surface area contributed by atoms with E-state index in [0.717, 1.165) is 44.4 Å². The van der Waals surface area contributed by atoms with Gasteiger partial charge in [-0.25, -0.2) is 0 Å². The molecule has 4 rings (SSSR count). The summed E-state index contributed by atoms with van der Waals surface area (Å²) >= 11 is 0. The number of amides is 1. The second-order valence-electron chi connectivity index (χ2n) is 8.60. The lowest BCUT2D eigenvalue weighted by Gasteiger charge is -2.49. The lowest BCUT2D eigenvalue weighted by atomic mass is 9.72. The van der Waals surface area contributed by atoms with Gasteiger partial charge in [0, 0.05) is 12.6 Å². The van der Waals surface area contributed by atoms with E-state index < -0.39 is 0 Å². The second-order valence-corrected chi connectivity index (χ2v) is 8.60. The molecule has 2 aliphatic carbocycles. The molecule has 0 bridgehead atoms. The van der Waals surface area contributed by atoms with Crippen LogP contribution in [0.1, 0.15) is 64.7 Å². The van der Waals surface area contributed by atoms with E-state index >= 15 is 0 Å².